The number of aliphatic hydroxyl groups excluding tert-OH is 1. The Morgan fingerprint density at radius 2 is 2.17 bits per heavy atom. The first-order valence-electron chi connectivity index (χ1n) is 5.10. The van der Waals surface area contributed by atoms with Crippen molar-refractivity contribution in [3.63, 3.8) is 0 Å². The number of piperidine rings is 1. The Balaban J connectivity index is 2.17. The van der Waals surface area contributed by atoms with Crippen molar-refractivity contribution in [3.05, 3.63) is 0 Å². The molecule has 0 bridgehead atoms. The van der Waals surface area contributed by atoms with E-state index in [1.54, 1.807) is 0 Å². The first-order chi connectivity index (χ1) is 5.78. The first kappa shape index (κ1) is 8.52. The van der Waals surface area contributed by atoms with Crippen LogP contribution >= 0.6 is 0 Å². The standard InChI is InChI=1S/C10H19NO/c1-11-7-3-6-10(8-12)5-2-4-9(10)11/h9,12H,2-8H2,1H3. The van der Waals surface area contributed by atoms with E-state index in [9.17, 15) is 5.11 Å². The maximum atomic E-state index is 9.44. The third-order valence-electron chi connectivity index (χ3n) is 3.89. The summed E-state index contributed by atoms with van der Waals surface area (Å²) in [5.41, 5.74) is 0.285. The zero-order valence-corrected chi connectivity index (χ0v) is 7.92. The number of likely N-dealkylation sites (tertiary alicyclic amines) is 1. The van der Waals surface area contributed by atoms with Gasteiger partial charge in [-0.15, -0.1) is 0 Å². The van der Waals surface area contributed by atoms with Gasteiger partial charge < -0.3 is 10.0 Å². The molecule has 0 spiro atoms. The SMILES string of the molecule is CN1CCCC2(CO)CCCC12. The van der Waals surface area contributed by atoms with Crippen molar-refractivity contribution in [1.82, 2.24) is 4.90 Å². The van der Waals surface area contributed by atoms with Crippen LogP contribution in [0.15, 0.2) is 0 Å². The number of fused-ring (bicyclic) bond motifs is 1. The molecule has 2 unspecified atom stereocenters. The van der Waals surface area contributed by atoms with Crippen LogP contribution in [-0.4, -0.2) is 36.2 Å². The average molecular weight is 169 g/mol. The lowest BCUT2D eigenvalue weighted by atomic mass is 9.76. The van der Waals surface area contributed by atoms with E-state index in [1.807, 2.05) is 0 Å². The van der Waals surface area contributed by atoms with Crippen molar-refractivity contribution in [1.29, 1.82) is 0 Å². The molecule has 2 heteroatoms. The quantitative estimate of drug-likeness (QED) is 0.638. The van der Waals surface area contributed by atoms with Gasteiger partial charge in [-0.3, -0.25) is 0 Å². The van der Waals surface area contributed by atoms with Crippen molar-refractivity contribution in [2.24, 2.45) is 5.41 Å². The van der Waals surface area contributed by atoms with Crippen molar-refractivity contribution in [2.45, 2.75) is 38.1 Å². The van der Waals surface area contributed by atoms with E-state index in [0.29, 0.717) is 12.6 Å². The number of rotatable bonds is 1. The number of aliphatic hydroxyl groups is 1. The summed E-state index contributed by atoms with van der Waals surface area (Å²) < 4.78 is 0. The maximum absolute atomic E-state index is 9.44. The Hall–Kier alpha value is -0.0800. The van der Waals surface area contributed by atoms with Gasteiger partial charge in [0.25, 0.3) is 0 Å². The minimum absolute atomic E-state index is 0.285. The molecule has 1 saturated heterocycles. The molecule has 0 radical (unpaired) electrons. The molecule has 2 aliphatic rings. The molecule has 2 nitrogen and oxygen atoms in total. The highest BCUT2D eigenvalue weighted by Gasteiger charge is 2.45. The Bertz CT molecular complexity index is 171. The minimum atomic E-state index is 0.285. The fraction of sp³-hybridized carbons (Fsp3) is 1.00. The molecule has 2 rings (SSSR count). The van der Waals surface area contributed by atoms with Gasteiger partial charge in [0, 0.05) is 11.5 Å². The molecule has 1 aliphatic carbocycles. The van der Waals surface area contributed by atoms with E-state index in [2.05, 4.69) is 11.9 Å². The molecule has 70 valence electrons. The van der Waals surface area contributed by atoms with Gasteiger partial charge in [0.2, 0.25) is 0 Å². The molecule has 0 aromatic heterocycles. The fourth-order valence-corrected chi connectivity index (χ4v) is 3.20. The van der Waals surface area contributed by atoms with E-state index in [0.717, 1.165) is 0 Å². The van der Waals surface area contributed by atoms with Crippen LogP contribution in [0, 0.1) is 5.41 Å². The molecule has 12 heavy (non-hydrogen) atoms. The van der Waals surface area contributed by atoms with Crippen LogP contribution in [0.3, 0.4) is 0 Å². The second-order valence-corrected chi connectivity index (χ2v) is 4.51. The fourth-order valence-electron chi connectivity index (χ4n) is 3.20. The summed E-state index contributed by atoms with van der Waals surface area (Å²) in [6.07, 6.45) is 6.39. The van der Waals surface area contributed by atoms with E-state index < -0.39 is 0 Å². The van der Waals surface area contributed by atoms with Crippen molar-refractivity contribution in [2.75, 3.05) is 20.2 Å². The molecule has 2 fully saturated rings. The van der Waals surface area contributed by atoms with Gasteiger partial charge in [0.1, 0.15) is 0 Å². The lowest BCUT2D eigenvalue weighted by Gasteiger charge is -2.44. The first-order valence-corrected chi connectivity index (χ1v) is 5.10. The van der Waals surface area contributed by atoms with Crippen molar-refractivity contribution in [3.8, 4) is 0 Å². The lowest BCUT2D eigenvalue weighted by molar-refractivity contribution is 0.00742. The van der Waals surface area contributed by atoms with Crippen LogP contribution in [0.2, 0.25) is 0 Å². The predicted octanol–water partition coefficient (Wildman–Crippen LogP) is 1.24. The molecule has 0 amide bonds. The minimum Gasteiger partial charge on any atom is -0.396 e. The summed E-state index contributed by atoms with van der Waals surface area (Å²) in [6.45, 7) is 1.63. The van der Waals surface area contributed by atoms with E-state index >= 15 is 0 Å². The lowest BCUT2D eigenvalue weighted by Crippen LogP contribution is -2.49. The second kappa shape index (κ2) is 3.00. The van der Waals surface area contributed by atoms with Gasteiger partial charge in [0.05, 0.1) is 6.61 Å². The van der Waals surface area contributed by atoms with Crippen LogP contribution in [-0.2, 0) is 0 Å². The Morgan fingerprint density at radius 3 is 2.83 bits per heavy atom. The average Bonchev–Trinajstić information content (AvgIpc) is 2.50. The highest BCUT2D eigenvalue weighted by molar-refractivity contribution is 4.99. The molecule has 2 atom stereocenters. The monoisotopic (exact) mass is 169 g/mol. The Labute approximate surface area is 74.6 Å². The molecular formula is C10H19NO. The van der Waals surface area contributed by atoms with Gasteiger partial charge in [0.15, 0.2) is 0 Å². The summed E-state index contributed by atoms with van der Waals surface area (Å²) in [4.78, 5) is 2.45. The van der Waals surface area contributed by atoms with Gasteiger partial charge in [-0.2, -0.15) is 0 Å². The molecule has 1 heterocycles. The van der Waals surface area contributed by atoms with Crippen molar-refractivity contribution < 1.29 is 5.11 Å². The predicted molar refractivity (Wildman–Crippen MR) is 49.0 cm³/mol. The normalized spacial score (nSPS) is 43.0. The summed E-state index contributed by atoms with van der Waals surface area (Å²) in [6, 6.07) is 0.677. The third-order valence-corrected chi connectivity index (χ3v) is 3.89. The summed E-state index contributed by atoms with van der Waals surface area (Å²) in [7, 11) is 2.21. The van der Waals surface area contributed by atoms with Gasteiger partial charge in [-0.05, 0) is 39.3 Å². The van der Waals surface area contributed by atoms with Crippen LogP contribution in [0.25, 0.3) is 0 Å². The number of hydrogen-bond acceptors (Lipinski definition) is 2. The summed E-state index contributed by atoms with van der Waals surface area (Å²) in [5, 5.41) is 9.44. The Kier molecular flexibility index (Phi) is 2.13. The highest BCUT2D eigenvalue weighted by Crippen LogP contribution is 2.46. The third kappa shape index (κ3) is 1.09. The molecule has 1 saturated carbocycles. The number of nitrogens with zero attached hydrogens (tertiary/aromatic N) is 1. The van der Waals surface area contributed by atoms with Crippen molar-refractivity contribution >= 4 is 0 Å². The zero-order valence-electron chi connectivity index (χ0n) is 7.92. The van der Waals surface area contributed by atoms with Gasteiger partial charge in [-0.1, -0.05) is 6.42 Å². The highest BCUT2D eigenvalue weighted by atomic mass is 16.3. The smallest absolute Gasteiger partial charge is 0.0502 e. The maximum Gasteiger partial charge on any atom is 0.0502 e. The summed E-state index contributed by atoms with van der Waals surface area (Å²) >= 11 is 0. The van der Waals surface area contributed by atoms with Gasteiger partial charge in [-0.25, -0.2) is 0 Å². The molecule has 1 aliphatic heterocycles. The molecular weight excluding hydrogens is 150 g/mol. The second-order valence-electron chi connectivity index (χ2n) is 4.51. The van der Waals surface area contributed by atoms with E-state index in [-0.39, 0.29) is 5.41 Å². The van der Waals surface area contributed by atoms with E-state index in [1.165, 1.54) is 38.6 Å². The topological polar surface area (TPSA) is 23.5 Å². The Morgan fingerprint density at radius 1 is 1.42 bits per heavy atom. The van der Waals surface area contributed by atoms with Gasteiger partial charge >= 0.3 is 0 Å². The van der Waals surface area contributed by atoms with E-state index in [4.69, 9.17) is 0 Å². The largest absolute Gasteiger partial charge is 0.396 e. The molecule has 0 aromatic carbocycles. The van der Waals surface area contributed by atoms with Crippen LogP contribution in [0.5, 0.6) is 0 Å². The van der Waals surface area contributed by atoms with Crippen LogP contribution in [0.4, 0.5) is 0 Å². The summed E-state index contributed by atoms with van der Waals surface area (Å²) in [5.74, 6) is 0. The molecule has 0 aromatic rings. The molecule has 1 N–H and O–H groups in total. The van der Waals surface area contributed by atoms with Crippen LogP contribution < -0.4 is 0 Å². The zero-order chi connectivity index (χ0) is 8.60. The number of hydrogen-bond donors (Lipinski definition) is 1. The van der Waals surface area contributed by atoms with Crippen LogP contribution in [0.1, 0.15) is 32.1 Å².